The Labute approximate surface area is 123 Å². The Bertz CT molecular complexity index is 533. The summed E-state index contributed by atoms with van der Waals surface area (Å²) < 4.78 is 7.05. The topological polar surface area (TPSA) is 84.7 Å². The largest absolute Gasteiger partial charge is 0.481 e. The van der Waals surface area contributed by atoms with E-state index in [1.165, 1.54) is 0 Å². The molecule has 1 atom stereocenters. The number of rotatable bonds is 3. The Hall–Kier alpha value is -2.05. The van der Waals surface area contributed by atoms with Gasteiger partial charge in [-0.2, -0.15) is 5.10 Å². The average molecular weight is 295 g/mol. The summed E-state index contributed by atoms with van der Waals surface area (Å²) in [7, 11) is 0. The van der Waals surface area contributed by atoms with Crippen LogP contribution in [0.1, 0.15) is 38.9 Å². The summed E-state index contributed by atoms with van der Waals surface area (Å²) in [4.78, 5) is 24.5. The molecule has 1 fully saturated rings. The Balaban J connectivity index is 2.01. The lowest BCUT2D eigenvalue weighted by molar-refractivity contribution is -0.136. The van der Waals surface area contributed by atoms with E-state index < -0.39 is 11.6 Å². The molecular weight excluding hydrogens is 274 g/mol. The Kier molecular flexibility index (Phi) is 4.20. The molecule has 7 nitrogen and oxygen atoms in total. The molecule has 116 valence electrons. The molecule has 7 heteroatoms. The van der Waals surface area contributed by atoms with Gasteiger partial charge in [-0.1, -0.05) is 0 Å². The summed E-state index contributed by atoms with van der Waals surface area (Å²) in [5.41, 5.74) is 0.133. The highest BCUT2D eigenvalue weighted by Gasteiger charge is 2.31. The summed E-state index contributed by atoms with van der Waals surface area (Å²) in [6.07, 6.45) is 1.93. The molecule has 1 aliphatic heterocycles. The van der Waals surface area contributed by atoms with Crippen molar-refractivity contribution in [2.45, 2.75) is 45.3 Å². The Morgan fingerprint density at radius 2 is 2.19 bits per heavy atom. The van der Waals surface area contributed by atoms with Crippen LogP contribution in [0.4, 0.5) is 4.79 Å². The fourth-order valence-corrected chi connectivity index (χ4v) is 2.40. The van der Waals surface area contributed by atoms with E-state index in [1.807, 2.05) is 20.8 Å². The Morgan fingerprint density at radius 1 is 1.48 bits per heavy atom. The lowest BCUT2D eigenvalue weighted by atomic mass is 10.2. The molecule has 0 bridgehead atoms. The van der Waals surface area contributed by atoms with Gasteiger partial charge >= 0.3 is 12.1 Å². The predicted molar refractivity (Wildman–Crippen MR) is 75.0 cm³/mol. The number of nitrogens with zero attached hydrogens (tertiary/aromatic N) is 3. The van der Waals surface area contributed by atoms with E-state index in [9.17, 15) is 9.59 Å². The molecule has 2 rings (SSSR count). The maximum atomic E-state index is 12.0. The van der Waals surface area contributed by atoms with E-state index in [0.717, 1.165) is 6.42 Å². The minimum Gasteiger partial charge on any atom is -0.481 e. The molecule has 1 aromatic rings. The van der Waals surface area contributed by atoms with Crippen molar-refractivity contribution >= 4 is 12.1 Å². The predicted octanol–water partition coefficient (Wildman–Crippen LogP) is 1.69. The van der Waals surface area contributed by atoms with Gasteiger partial charge in [0.2, 0.25) is 0 Å². The van der Waals surface area contributed by atoms with E-state index in [1.54, 1.807) is 21.8 Å². The quantitative estimate of drug-likeness (QED) is 0.917. The highest BCUT2D eigenvalue weighted by Crippen LogP contribution is 2.24. The number of carbonyl (C=O) groups excluding carboxylic acids is 1. The van der Waals surface area contributed by atoms with E-state index in [-0.39, 0.29) is 18.6 Å². The summed E-state index contributed by atoms with van der Waals surface area (Å²) in [5, 5.41) is 13.1. The molecular formula is C14H21N3O4. The fourth-order valence-electron chi connectivity index (χ4n) is 2.40. The second-order valence-corrected chi connectivity index (χ2v) is 6.21. The van der Waals surface area contributed by atoms with Gasteiger partial charge < -0.3 is 14.7 Å². The van der Waals surface area contributed by atoms with E-state index in [4.69, 9.17) is 9.84 Å². The van der Waals surface area contributed by atoms with Crippen LogP contribution in [0.3, 0.4) is 0 Å². The first kappa shape index (κ1) is 15.3. The lowest BCUT2D eigenvalue weighted by Gasteiger charge is -2.24. The molecule has 21 heavy (non-hydrogen) atoms. The molecule has 1 aliphatic rings. The zero-order chi connectivity index (χ0) is 15.6. The second kappa shape index (κ2) is 5.75. The van der Waals surface area contributed by atoms with Crippen LogP contribution in [0.5, 0.6) is 0 Å². The van der Waals surface area contributed by atoms with Crippen molar-refractivity contribution in [2.75, 3.05) is 13.1 Å². The number of aliphatic carboxylic acids is 1. The molecule has 1 N–H and O–H groups in total. The first-order valence-corrected chi connectivity index (χ1v) is 6.98. The van der Waals surface area contributed by atoms with Gasteiger partial charge in [0.25, 0.3) is 0 Å². The van der Waals surface area contributed by atoms with Crippen molar-refractivity contribution in [3.8, 4) is 0 Å². The molecule has 1 aromatic heterocycles. The lowest BCUT2D eigenvalue weighted by Crippen LogP contribution is -2.35. The number of ether oxygens (including phenoxy) is 1. The van der Waals surface area contributed by atoms with Gasteiger partial charge in [-0.05, 0) is 33.3 Å². The SMILES string of the molecule is CC(C)(C)OC(=O)N1CCC(n2nccc2CC(=O)O)C1. The number of carboxylic acids is 1. The van der Waals surface area contributed by atoms with Crippen LogP contribution in [0.25, 0.3) is 0 Å². The molecule has 0 aromatic carbocycles. The van der Waals surface area contributed by atoms with Crippen LogP contribution in [0.2, 0.25) is 0 Å². The zero-order valence-corrected chi connectivity index (χ0v) is 12.6. The zero-order valence-electron chi connectivity index (χ0n) is 12.6. The van der Waals surface area contributed by atoms with Gasteiger partial charge in [0.1, 0.15) is 5.60 Å². The number of hydrogen-bond donors (Lipinski definition) is 1. The number of aromatic nitrogens is 2. The van der Waals surface area contributed by atoms with Crippen molar-refractivity contribution in [1.82, 2.24) is 14.7 Å². The van der Waals surface area contributed by atoms with Crippen molar-refractivity contribution in [2.24, 2.45) is 0 Å². The average Bonchev–Trinajstić information content (AvgIpc) is 2.93. The number of hydrogen-bond acceptors (Lipinski definition) is 4. The van der Waals surface area contributed by atoms with Crippen molar-refractivity contribution < 1.29 is 19.4 Å². The van der Waals surface area contributed by atoms with Gasteiger partial charge in [-0.15, -0.1) is 0 Å². The van der Waals surface area contributed by atoms with Crippen LogP contribution in [0, 0.1) is 0 Å². The summed E-state index contributed by atoms with van der Waals surface area (Å²) >= 11 is 0. The summed E-state index contributed by atoms with van der Waals surface area (Å²) in [6.45, 7) is 6.57. The smallest absolute Gasteiger partial charge is 0.410 e. The summed E-state index contributed by atoms with van der Waals surface area (Å²) in [6, 6.07) is 1.70. The molecule has 1 saturated heterocycles. The minimum absolute atomic E-state index is 0.00173. The highest BCUT2D eigenvalue weighted by molar-refractivity contribution is 5.69. The highest BCUT2D eigenvalue weighted by atomic mass is 16.6. The monoisotopic (exact) mass is 295 g/mol. The number of likely N-dealkylation sites (tertiary alicyclic amines) is 1. The second-order valence-electron chi connectivity index (χ2n) is 6.21. The Morgan fingerprint density at radius 3 is 2.81 bits per heavy atom. The molecule has 0 radical (unpaired) electrons. The van der Waals surface area contributed by atoms with Crippen LogP contribution >= 0.6 is 0 Å². The maximum Gasteiger partial charge on any atom is 0.410 e. The van der Waals surface area contributed by atoms with E-state index >= 15 is 0 Å². The summed E-state index contributed by atoms with van der Waals surface area (Å²) in [5.74, 6) is -0.890. The van der Waals surface area contributed by atoms with E-state index in [0.29, 0.717) is 18.8 Å². The third-order valence-electron chi connectivity index (χ3n) is 3.25. The molecule has 1 unspecified atom stereocenters. The van der Waals surface area contributed by atoms with Crippen LogP contribution in [-0.2, 0) is 16.0 Å². The molecule has 0 spiro atoms. The fraction of sp³-hybridized carbons (Fsp3) is 0.643. The van der Waals surface area contributed by atoms with Crippen molar-refractivity contribution in [1.29, 1.82) is 0 Å². The van der Waals surface area contributed by atoms with Crippen LogP contribution < -0.4 is 0 Å². The third kappa shape index (κ3) is 3.96. The van der Waals surface area contributed by atoms with Gasteiger partial charge in [0.05, 0.1) is 12.5 Å². The van der Waals surface area contributed by atoms with Gasteiger partial charge in [-0.25, -0.2) is 4.79 Å². The first-order chi connectivity index (χ1) is 9.76. The molecule has 0 saturated carbocycles. The van der Waals surface area contributed by atoms with Crippen molar-refractivity contribution in [3.05, 3.63) is 18.0 Å². The van der Waals surface area contributed by atoms with Gasteiger partial charge in [-0.3, -0.25) is 9.48 Å². The number of amides is 1. The molecule has 2 heterocycles. The van der Waals surface area contributed by atoms with Crippen molar-refractivity contribution in [3.63, 3.8) is 0 Å². The number of carbonyl (C=O) groups is 2. The molecule has 1 amide bonds. The van der Waals surface area contributed by atoms with E-state index in [2.05, 4.69) is 5.10 Å². The van der Waals surface area contributed by atoms with Gasteiger partial charge in [0.15, 0.2) is 0 Å². The minimum atomic E-state index is -0.890. The van der Waals surface area contributed by atoms with Crippen LogP contribution in [-0.4, -0.2) is 50.5 Å². The van der Waals surface area contributed by atoms with Gasteiger partial charge in [0, 0.05) is 25.0 Å². The standard InChI is InChI=1S/C14H21N3O4/c1-14(2,3)21-13(20)16-7-5-11(9-16)17-10(4-6-15-17)8-12(18)19/h4,6,11H,5,7-9H2,1-3H3,(H,18,19). The first-order valence-electron chi connectivity index (χ1n) is 6.98. The molecule has 0 aliphatic carbocycles. The maximum absolute atomic E-state index is 12.0. The number of carboxylic acid groups (broad SMARTS) is 1. The normalized spacial score (nSPS) is 18.8. The third-order valence-corrected chi connectivity index (χ3v) is 3.25. The van der Waals surface area contributed by atoms with Crippen LogP contribution in [0.15, 0.2) is 12.3 Å².